The highest BCUT2D eigenvalue weighted by molar-refractivity contribution is 5.83. The maximum atomic E-state index is 12.7. The van der Waals surface area contributed by atoms with E-state index in [0.717, 1.165) is 25.7 Å². The van der Waals surface area contributed by atoms with Crippen molar-refractivity contribution in [3.63, 3.8) is 0 Å². The lowest BCUT2D eigenvalue weighted by atomic mass is 9.79. The predicted octanol–water partition coefficient (Wildman–Crippen LogP) is 1.78. The predicted molar refractivity (Wildman–Crippen MR) is 73.3 cm³/mol. The molecule has 1 aliphatic carbocycles. The van der Waals surface area contributed by atoms with Gasteiger partial charge >= 0.3 is 0 Å². The molecule has 1 amide bonds. The first-order valence-corrected chi connectivity index (χ1v) is 7.03. The average Bonchev–Trinajstić information content (AvgIpc) is 2.63. The molecule has 1 aliphatic rings. The fraction of sp³-hybridized carbons (Fsp3) is 0.929. The topological polar surface area (TPSA) is 55.6 Å². The van der Waals surface area contributed by atoms with Crippen LogP contribution in [0.1, 0.15) is 45.4 Å². The number of ether oxygens (including phenoxy) is 1. The minimum Gasteiger partial charge on any atom is -0.383 e. The second-order valence-corrected chi connectivity index (χ2v) is 5.62. The summed E-state index contributed by atoms with van der Waals surface area (Å²) in [6.45, 7) is 3.06. The Morgan fingerprint density at radius 3 is 2.33 bits per heavy atom. The lowest BCUT2D eigenvalue weighted by molar-refractivity contribution is -0.144. The van der Waals surface area contributed by atoms with E-state index >= 15 is 0 Å². The second kappa shape index (κ2) is 7.10. The lowest BCUT2D eigenvalue weighted by Gasteiger charge is -2.36. The van der Waals surface area contributed by atoms with Gasteiger partial charge in [-0.15, -0.1) is 0 Å². The molecule has 0 aromatic heterocycles. The van der Waals surface area contributed by atoms with Crippen molar-refractivity contribution in [2.75, 3.05) is 27.3 Å². The highest BCUT2D eigenvalue weighted by atomic mass is 16.5. The zero-order chi connectivity index (χ0) is 13.6. The molecule has 2 N–H and O–H groups in total. The van der Waals surface area contributed by atoms with E-state index in [1.54, 1.807) is 7.11 Å². The number of methoxy groups -OCH3 is 1. The first kappa shape index (κ1) is 15.4. The van der Waals surface area contributed by atoms with Crippen molar-refractivity contribution in [1.82, 2.24) is 4.90 Å². The molecule has 4 heteroatoms. The summed E-state index contributed by atoms with van der Waals surface area (Å²) >= 11 is 0. The first-order chi connectivity index (χ1) is 8.57. The van der Waals surface area contributed by atoms with Gasteiger partial charge in [0.2, 0.25) is 5.91 Å². The number of hydrogen-bond acceptors (Lipinski definition) is 3. The molecular weight excluding hydrogens is 228 g/mol. The van der Waals surface area contributed by atoms with E-state index in [1.807, 2.05) is 18.9 Å². The Morgan fingerprint density at radius 1 is 1.33 bits per heavy atom. The van der Waals surface area contributed by atoms with E-state index in [-0.39, 0.29) is 17.4 Å². The molecule has 0 spiro atoms. The van der Waals surface area contributed by atoms with Gasteiger partial charge in [-0.1, -0.05) is 25.7 Å². The van der Waals surface area contributed by atoms with Gasteiger partial charge in [0.25, 0.3) is 0 Å². The molecule has 1 fully saturated rings. The van der Waals surface area contributed by atoms with Crippen molar-refractivity contribution in [3.8, 4) is 0 Å². The third-order valence-electron chi connectivity index (χ3n) is 4.29. The number of likely N-dealkylation sites (N-methyl/N-ethyl adjacent to an activating group) is 1. The van der Waals surface area contributed by atoms with Crippen molar-refractivity contribution < 1.29 is 9.53 Å². The number of nitrogens with two attached hydrogens (primary N) is 1. The van der Waals surface area contributed by atoms with E-state index in [9.17, 15) is 4.79 Å². The third-order valence-corrected chi connectivity index (χ3v) is 4.29. The van der Waals surface area contributed by atoms with Gasteiger partial charge in [-0.05, 0) is 19.8 Å². The van der Waals surface area contributed by atoms with Crippen LogP contribution in [0.2, 0.25) is 0 Å². The van der Waals surface area contributed by atoms with Gasteiger partial charge in [-0.25, -0.2) is 0 Å². The molecule has 18 heavy (non-hydrogen) atoms. The molecule has 0 aliphatic heterocycles. The molecule has 1 rings (SSSR count). The number of carbonyl (C=O) groups excluding carboxylic acids is 1. The molecule has 0 heterocycles. The van der Waals surface area contributed by atoms with Crippen molar-refractivity contribution in [3.05, 3.63) is 0 Å². The Kier molecular flexibility index (Phi) is 6.09. The molecule has 106 valence electrons. The van der Waals surface area contributed by atoms with Crippen molar-refractivity contribution in [2.24, 2.45) is 11.1 Å². The smallest absolute Gasteiger partial charge is 0.230 e. The van der Waals surface area contributed by atoms with Crippen LogP contribution >= 0.6 is 0 Å². The van der Waals surface area contributed by atoms with Crippen molar-refractivity contribution >= 4 is 5.91 Å². The van der Waals surface area contributed by atoms with Gasteiger partial charge < -0.3 is 15.4 Å². The summed E-state index contributed by atoms with van der Waals surface area (Å²) in [4.78, 5) is 14.5. The SMILES string of the molecule is COCC(C)N(C)C(=O)C1(CN)CCCCCC1. The summed E-state index contributed by atoms with van der Waals surface area (Å²) in [6, 6.07) is 0.106. The molecule has 1 saturated carbocycles. The van der Waals surface area contributed by atoms with Crippen LogP contribution in [0, 0.1) is 5.41 Å². The lowest BCUT2D eigenvalue weighted by Crippen LogP contribution is -2.50. The maximum Gasteiger partial charge on any atom is 0.230 e. The first-order valence-electron chi connectivity index (χ1n) is 7.03. The largest absolute Gasteiger partial charge is 0.383 e. The van der Waals surface area contributed by atoms with E-state index in [2.05, 4.69) is 0 Å². The van der Waals surface area contributed by atoms with Crippen molar-refractivity contribution in [2.45, 2.75) is 51.5 Å². The van der Waals surface area contributed by atoms with E-state index < -0.39 is 0 Å². The van der Waals surface area contributed by atoms with Crippen LogP contribution in [0.5, 0.6) is 0 Å². The van der Waals surface area contributed by atoms with Crippen molar-refractivity contribution in [1.29, 1.82) is 0 Å². The van der Waals surface area contributed by atoms with Gasteiger partial charge in [0, 0.05) is 20.7 Å². The third kappa shape index (κ3) is 3.45. The van der Waals surface area contributed by atoms with Crippen LogP contribution in [0.15, 0.2) is 0 Å². The van der Waals surface area contributed by atoms with Gasteiger partial charge in [0.15, 0.2) is 0 Å². The number of nitrogens with zero attached hydrogens (tertiary/aromatic N) is 1. The molecule has 4 nitrogen and oxygen atoms in total. The molecule has 0 bridgehead atoms. The summed E-state index contributed by atoms with van der Waals surface area (Å²) in [7, 11) is 3.54. The molecule has 0 aromatic carbocycles. The minimum atomic E-state index is -0.326. The zero-order valence-corrected chi connectivity index (χ0v) is 12.1. The van der Waals surface area contributed by atoms with Crippen LogP contribution < -0.4 is 5.73 Å². The molecule has 0 aromatic rings. The Hall–Kier alpha value is -0.610. The summed E-state index contributed by atoms with van der Waals surface area (Å²) in [5.41, 5.74) is 5.62. The Bertz CT molecular complexity index is 261. The minimum absolute atomic E-state index is 0.106. The van der Waals surface area contributed by atoms with E-state index in [4.69, 9.17) is 10.5 Å². The number of amides is 1. The number of carbonyl (C=O) groups is 1. The normalized spacial score (nSPS) is 21.1. The van der Waals surface area contributed by atoms with Crippen LogP contribution in [-0.4, -0.2) is 44.2 Å². The highest BCUT2D eigenvalue weighted by Crippen LogP contribution is 2.36. The fourth-order valence-corrected chi connectivity index (χ4v) is 2.84. The molecule has 1 atom stereocenters. The Morgan fingerprint density at radius 2 is 1.89 bits per heavy atom. The zero-order valence-electron chi connectivity index (χ0n) is 12.1. The van der Waals surface area contributed by atoms with Gasteiger partial charge in [0.05, 0.1) is 18.1 Å². The highest BCUT2D eigenvalue weighted by Gasteiger charge is 2.40. The Balaban J connectivity index is 2.76. The molecule has 1 unspecified atom stereocenters. The van der Waals surface area contributed by atoms with Crippen LogP contribution in [0.4, 0.5) is 0 Å². The van der Waals surface area contributed by atoms with Crippen LogP contribution in [0.25, 0.3) is 0 Å². The molecular formula is C14H28N2O2. The van der Waals surface area contributed by atoms with Gasteiger partial charge in [-0.3, -0.25) is 4.79 Å². The fourth-order valence-electron chi connectivity index (χ4n) is 2.84. The quantitative estimate of drug-likeness (QED) is 0.763. The van der Waals surface area contributed by atoms with Gasteiger partial charge in [0.1, 0.15) is 0 Å². The summed E-state index contributed by atoms with van der Waals surface area (Å²) < 4.78 is 5.13. The van der Waals surface area contributed by atoms with E-state index in [0.29, 0.717) is 13.2 Å². The van der Waals surface area contributed by atoms with Crippen LogP contribution in [-0.2, 0) is 9.53 Å². The molecule has 0 radical (unpaired) electrons. The Labute approximate surface area is 111 Å². The van der Waals surface area contributed by atoms with Crippen LogP contribution in [0.3, 0.4) is 0 Å². The standard InChI is InChI=1S/C14H28N2O2/c1-12(10-18-3)16(2)13(17)14(11-15)8-6-4-5-7-9-14/h12H,4-11,15H2,1-3H3. The summed E-state index contributed by atoms with van der Waals surface area (Å²) in [5.74, 6) is 0.205. The maximum absolute atomic E-state index is 12.7. The van der Waals surface area contributed by atoms with E-state index in [1.165, 1.54) is 12.8 Å². The summed E-state index contributed by atoms with van der Waals surface area (Å²) in [6.07, 6.45) is 6.57. The van der Waals surface area contributed by atoms with Gasteiger partial charge in [-0.2, -0.15) is 0 Å². The monoisotopic (exact) mass is 256 g/mol. The second-order valence-electron chi connectivity index (χ2n) is 5.62. The average molecular weight is 256 g/mol. The molecule has 0 saturated heterocycles. The number of rotatable bonds is 5. The number of hydrogen-bond donors (Lipinski definition) is 1. The summed E-state index contributed by atoms with van der Waals surface area (Å²) in [5, 5.41) is 0.